The molecule has 0 aliphatic heterocycles. The van der Waals surface area contributed by atoms with E-state index in [0.717, 1.165) is 22.3 Å². The summed E-state index contributed by atoms with van der Waals surface area (Å²) in [5, 5.41) is 0. The number of rotatable bonds is 6. The highest BCUT2D eigenvalue weighted by atomic mass is 31.2. The Morgan fingerprint density at radius 3 is 1.40 bits per heavy atom. The normalized spacial score (nSPS) is 12.8. The monoisotopic (exact) mass is 414 g/mol. The molecule has 0 saturated carbocycles. The molecule has 30 heavy (non-hydrogen) atoms. The standard InChI is InChI=1S/C25H19O4P/c26-30(27-19-11-3-1-4-12-19,28-20-13-5-2-6-14-20)29-25-23-17-9-7-15-21(23)22-16-8-10-18-24(22)25/h1-18,25H. The molecule has 4 nitrogen and oxygen atoms in total. The average Bonchev–Trinajstić information content (AvgIpc) is 3.09. The van der Waals surface area contributed by atoms with Gasteiger partial charge in [0.15, 0.2) is 0 Å². The predicted octanol–water partition coefficient (Wildman–Crippen LogP) is 7.04. The summed E-state index contributed by atoms with van der Waals surface area (Å²) in [6, 6.07) is 33.8. The molecule has 0 N–H and O–H groups in total. The van der Waals surface area contributed by atoms with E-state index in [9.17, 15) is 4.57 Å². The third kappa shape index (κ3) is 3.63. The van der Waals surface area contributed by atoms with E-state index in [1.165, 1.54) is 0 Å². The molecule has 1 aliphatic rings. The molecule has 5 rings (SSSR count). The van der Waals surface area contributed by atoms with Gasteiger partial charge in [-0.3, -0.25) is 4.52 Å². The van der Waals surface area contributed by atoms with Gasteiger partial charge in [-0.1, -0.05) is 84.9 Å². The summed E-state index contributed by atoms with van der Waals surface area (Å²) in [5.74, 6) is 0.827. The maximum atomic E-state index is 13.9. The minimum atomic E-state index is -4.02. The van der Waals surface area contributed by atoms with Gasteiger partial charge in [0.25, 0.3) is 0 Å². The van der Waals surface area contributed by atoms with Crippen LogP contribution in [0.15, 0.2) is 109 Å². The molecule has 0 heterocycles. The number of phosphoric ester groups is 1. The lowest BCUT2D eigenvalue weighted by Gasteiger charge is -2.23. The molecule has 5 heteroatoms. The Balaban J connectivity index is 1.55. The summed E-state index contributed by atoms with van der Waals surface area (Å²) in [4.78, 5) is 0. The molecular weight excluding hydrogens is 395 g/mol. The third-order valence-corrected chi connectivity index (χ3v) is 6.27. The molecule has 0 atom stereocenters. The highest BCUT2D eigenvalue weighted by Gasteiger charge is 2.40. The van der Waals surface area contributed by atoms with Gasteiger partial charge < -0.3 is 9.05 Å². The molecule has 0 amide bonds. The van der Waals surface area contributed by atoms with Gasteiger partial charge in [0.2, 0.25) is 0 Å². The molecule has 0 fully saturated rings. The minimum absolute atomic E-state index is 0.413. The zero-order valence-electron chi connectivity index (χ0n) is 16.0. The fourth-order valence-electron chi connectivity index (χ4n) is 3.63. The number of benzene rings is 4. The lowest BCUT2D eigenvalue weighted by molar-refractivity contribution is 0.171. The zero-order chi connectivity index (χ0) is 20.4. The van der Waals surface area contributed by atoms with E-state index in [1.807, 2.05) is 84.9 Å². The van der Waals surface area contributed by atoms with Gasteiger partial charge in [-0.15, -0.1) is 0 Å². The summed E-state index contributed by atoms with van der Waals surface area (Å²) in [6.07, 6.45) is -0.560. The van der Waals surface area contributed by atoms with Crippen molar-refractivity contribution in [3.8, 4) is 22.6 Å². The lowest BCUT2D eigenvalue weighted by Crippen LogP contribution is -2.09. The van der Waals surface area contributed by atoms with Gasteiger partial charge in [0.05, 0.1) is 0 Å². The van der Waals surface area contributed by atoms with Crippen LogP contribution in [0, 0.1) is 0 Å². The number of fused-ring (bicyclic) bond motifs is 3. The Hall–Kier alpha value is -3.33. The van der Waals surface area contributed by atoms with Crippen molar-refractivity contribution in [2.24, 2.45) is 0 Å². The quantitative estimate of drug-likeness (QED) is 0.318. The molecule has 0 aromatic heterocycles. The van der Waals surface area contributed by atoms with Crippen LogP contribution in [-0.2, 0) is 9.09 Å². The van der Waals surface area contributed by atoms with E-state index in [4.69, 9.17) is 13.6 Å². The van der Waals surface area contributed by atoms with Crippen molar-refractivity contribution >= 4 is 7.82 Å². The number of para-hydroxylation sites is 2. The summed E-state index contributed by atoms with van der Waals surface area (Å²) >= 11 is 0. The lowest BCUT2D eigenvalue weighted by atomic mass is 10.1. The van der Waals surface area contributed by atoms with Crippen LogP contribution in [0.4, 0.5) is 0 Å². The van der Waals surface area contributed by atoms with Crippen molar-refractivity contribution in [2.45, 2.75) is 6.10 Å². The fourth-order valence-corrected chi connectivity index (χ4v) is 5.00. The van der Waals surface area contributed by atoms with Gasteiger partial charge in [-0.05, 0) is 46.5 Å². The molecule has 0 saturated heterocycles. The Labute approximate surface area is 175 Å². The number of hydrogen-bond acceptors (Lipinski definition) is 4. The molecule has 4 aromatic carbocycles. The molecule has 1 aliphatic carbocycles. The van der Waals surface area contributed by atoms with Crippen LogP contribution in [0.3, 0.4) is 0 Å². The Morgan fingerprint density at radius 1 is 0.533 bits per heavy atom. The number of hydrogen-bond donors (Lipinski definition) is 0. The first-order valence-corrected chi connectivity index (χ1v) is 11.1. The maximum Gasteiger partial charge on any atom is 0.588 e. The second kappa shape index (κ2) is 7.83. The average molecular weight is 414 g/mol. The first kappa shape index (κ1) is 18.7. The first-order valence-electron chi connectivity index (χ1n) is 9.68. The van der Waals surface area contributed by atoms with Crippen LogP contribution >= 0.6 is 7.82 Å². The van der Waals surface area contributed by atoms with Crippen molar-refractivity contribution in [1.29, 1.82) is 0 Å². The van der Waals surface area contributed by atoms with Crippen LogP contribution in [0.1, 0.15) is 17.2 Å². The third-order valence-electron chi connectivity index (χ3n) is 4.93. The molecule has 0 radical (unpaired) electrons. The number of phosphoric acid groups is 1. The maximum absolute atomic E-state index is 13.9. The van der Waals surface area contributed by atoms with Crippen LogP contribution in [-0.4, -0.2) is 0 Å². The second-order valence-corrected chi connectivity index (χ2v) is 8.39. The fraction of sp³-hybridized carbons (Fsp3) is 0.0400. The van der Waals surface area contributed by atoms with Crippen molar-refractivity contribution in [3.63, 3.8) is 0 Å². The second-order valence-electron chi connectivity index (χ2n) is 6.92. The summed E-state index contributed by atoms with van der Waals surface area (Å²) in [7, 11) is -4.02. The molecular formula is C25H19O4P. The summed E-state index contributed by atoms with van der Waals surface area (Å²) < 4.78 is 31.6. The van der Waals surface area contributed by atoms with Gasteiger partial charge in [0.1, 0.15) is 17.6 Å². The van der Waals surface area contributed by atoms with Crippen LogP contribution in [0.2, 0.25) is 0 Å². The van der Waals surface area contributed by atoms with Crippen molar-refractivity contribution < 1.29 is 18.1 Å². The van der Waals surface area contributed by atoms with E-state index in [-0.39, 0.29) is 0 Å². The van der Waals surface area contributed by atoms with Gasteiger partial charge in [-0.25, -0.2) is 4.57 Å². The van der Waals surface area contributed by atoms with E-state index in [1.54, 1.807) is 24.3 Å². The highest BCUT2D eigenvalue weighted by molar-refractivity contribution is 7.49. The molecule has 4 aromatic rings. The van der Waals surface area contributed by atoms with Crippen molar-refractivity contribution in [1.82, 2.24) is 0 Å². The highest BCUT2D eigenvalue weighted by Crippen LogP contribution is 2.57. The van der Waals surface area contributed by atoms with Crippen molar-refractivity contribution in [2.75, 3.05) is 0 Å². The largest absolute Gasteiger partial charge is 0.588 e. The first-order chi connectivity index (χ1) is 14.7. The van der Waals surface area contributed by atoms with Gasteiger partial charge in [0, 0.05) is 0 Å². The zero-order valence-corrected chi connectivity index (χ0v) is 16.9. The van der Waals surface area contributed by atoms with E-state index in [2.05, 4.69) is 0 Å². The van der Waals surface area contributed by atoms with Crippen LogP contribution in [0.25, 0.3) is 11.1 Å². The molecule has 0 spiro atoms. The summed E-state index contributed by atoms with van der Waals surface area (Å²) in [5.41, 5.74) is 3.99. The van der Waals surface area contributed by atoms with E-state index < -0.39 is 13.9 Å². The SMILES string of the molecule is O=P(Oc1ccccc1)(Oc1ccccc1)OC1c2ccccc2-c2ccccc21. The van der Waals surface area contributed by atoms with Crippen molar-refractivity contribution in [3.05, 3.63) is 120 Å². The summed E-state index contributed by atoms with van der Waals surface area (Å²) in [6.45, 7) is 0. The van der Waals surface area contributed by atoms with Gasteiger partial charge >= 0.3 is 7.82 Å². The Bertz CT molecular complexity index is 1120. The van der Waals surface area contributed by atoms with E-state index >= 15 is 0 Å². The molecule has 148 valence electrons. The molecule has 0 bridgehead atoms. The van der Waals surface area contributed by atoms with Gasteiger partial charge in [-0.2, -0.15) is 0 Å². The topological polar surface area (TPSA) is 44.8 Å². The minimum Gasteiger partial charge on any atom is -0.395 e. The predicted molar refractivity (Wildman–Crippen MR) is 117 cm³/mol. The Morgan fingerprint density at radius 2 is 0.933 bits per heavy atom. The van der Waals surface area contributed by atoms with Crippen LogP contribution in [0.5, 0.6) is 11.5 Å². The van der Waals surface area contributed by atoms with Crippen LogP contribution < -0.4 is 9.05 Å². The Kier molecular flexibility index (Phi) is 4.88. The smallest absolute Gasteiger partial charge is 0.395 e. The van der Waals surface area contributed by atoms with E-state index in [0.29, 0.717) is 11.5 Å². The molecule has 0 unspecified atom stereocenters.